The second-order valence-electron chi connectivity index (χ2n) is 4.12. The number of hydrogen-bond acceptors (Lipinski definition) is 6. The highest BCUT2D eigenvalue weighted by Crippen LogP contribution is 2.16. The number of nitrogens with zero attached hydrogens (tertiary/aromatic N) is 3. The van der Waals surface area contributed by atoms with Crippen LogP contribution in [0.25, 0.3) is 0 Å². The van der Waals surface area contributed by atoms with E-state index in [4.69, 9.17) is 24.4 Å². The summed E-state index contributed by atoms with van der Waals surface area (Å²) in [5.74, 6) is 0.753. The number of hydrogen-bond donors (Lipinski definition) is 0. The van der Waals surface area contributed by atoms with Crippen molar-refractivity contribution in [2.24, 2.45) is 0 Å². The molecule has 0 aliphatic carbocycles. The van der Waals surface area contributed by atoms with Gasteiger partial charge in [-0.1, -0.05) is 48.0 Å². The highest BCUT2D eigenvalue weighted by atomic mass is 32.2. The van der Waals surface area contributed by atoms with Gasteiger partial charge in [-0.25, -0.2) is 0 Å². The van der Waals surface area contributed by atoms with E-state index in [0.717, 1.165) is 13.1 Å². The van der Waals surface area contributed by atoms with Gasteiger partial charge < -0.3 is 9.80 Å². The molecule has 0 spiro atoms. The summed E-state index contributed by atoms with van der Waals surface area (Å²) in [6.45, 7) is 5.59. The predicted octanol–water partition coefficient (Wildman–Crippen LogP) is 2.57. The van der Waals surface area contributed by atoms with Gasteiger partial charge in [0.15, 0.2) is 0 Å². The third-order valence-corrected chi connectivity index (χ3v) is 6.22. The number of thiocarbonyl (C=S) groups is 2. The summed E-state index contributed by atoms with van der Waals surface area (Å²) in [6, 6.07) is -0.642. The summed E-state index contributed by atoms with van der Waals surface area (Å²) in [4.78, 5) is 14.6. The van der Waals surface area contributed by atoms with Crippen LogP contribution in [0.5, 0.6) is 0 Å². The molecule has 0 unspecified atom stereocenters. The van der Waals surface area contributed by atoms with Gasteiger partial charge in [0.2, 0.25) is 6.04 Å². The van der Waals surface area contributed by atoms with Crippen molar-refractivity contribution in [3.05, 3.63) is 10.1 Å². The molecule has 0 bridgehead atoms. The van der Waals surface area contributed by atoms with Crippen LogP contribution in [0, 0.1) is 10.1 Å². The lowest BCUT2D eigenvalue weighted by atomic mass is 10.4. The second kappa shape index (κ2) is 10.6. The Morgan fingerprint density at radius 1 is 1.10 bits per heavy atom. The minimum atomic E-state index is -0.642. The van der Waals surface area contributed by atoms with Crippen molar-refractivity contribution in [2.45, 2.75) is 19.9 Å². The van der Waals surface area contributed by atoms with E-state index in [2.05, 4.69) is 0 Å². The summed E-state index contributed by atoms with van der Waals surface area (Å²) < 4.78 is 1.38. The molecule has 0 amide bonds. The molecule has 0 saturated carbocycles. The highest BCUT2D eigenvalue weighted by molar-refractivity contribution is 8.23. The Morgan fingerprint density at radius 3 is 1.70 bits per heavy atom. The predicted molar refractivity (Wildman–Crippen MR) is 97.5 cm³/mol. The van der Waals surface area contributed by atoms with E-state index >= 15 is 0 Å². The average molecular weight is 356 g/mol. The monoisotopic (exact) mass is 355 g/mol. The summed E-state index contributed by atoms with van der Waals surface area (Å²) in [7, 11) is 3.77. The first-order chi connectivity index (χ1) is 9.33. The molecule has 0 saturated heterocycles. The molecule has 0 aromatic heterocycles. The molecular weight excluding hydrogens is 334 g/mol. The third-order valence-electron chi connectivity index (χ3n) is 2.67. The number of thioether (sulfide) groups is 2. The summed E-state index contributed by atoms with van der Waals surface area (Å²) in [6.07, 6.45) is 0. The lowest BCUT2D eigenvalue weighted by Crippen LogP contribution is -2.30. The fraction of sp³-hybridized carbons (Fsp3) is 0.818. The quantitative estimate of drug-likeness (QED) is 0.392. The van der Waals surface area contributed by atoms with Crippen LogP contribution in [0.15, 0.2) is 0 Å². The maximum atomic E-state index is 11.1. The van der Waals surface area contributed by atoms with Gasteiger partial charge in [-0.05, 0) is 13.8 Å². The zero-order valence-corrected chi connectivity index (χ0v) is 15.5. The first-order valence-electron chi connectivity index (χ1n) is 6.22. The van der Waals surface area contributed by atoms with Gasteiger partial charge >= 0.3 is 0 Å². The number of nitro groups is 1. The molecule has 116 valence electrons. The summed E-state index contributed by atoms with van der Waals surface area (Å²) >= 11 is 13.1. The lowest BCUT2D eigenvalue weighted by molar-refractivity contribution is -0.510. The molecule has 0 aromatic carbocycles. The van der Waals surface area contributed by atoms with E-state index in [-0.39, 0.29) is 4.92 Å². The molecule has 20 heavy (non-hydrogen) atoms. The normalized spacial score (nSPS) is 10.4. The molecule has 0 radical (unpaired) electrons. The third kappa shape index (κ3) is 7.61. The van der Waals surface area contributed by atoms with E-state index in [0.29, 0.717) is 20.1 Å². The van der Waals surface area contributed by atoms with Gasteiger partial charge in [-0.3, -0.25) is 10.1 Å². The molecule has 0 atom stereocenters. The van der Waals surface area contributed by atoms with Crippen LogP contribution in [-0.2, 0) is 0 Å². The Balaban J connectivity index is 4.28. The van der Waals surface area contributed by atoms with Crippen LogP contribution in [-0.4, -0.2) is 68.1 Å². The second-order valence-corrected chi connectivity index (χ2v) is 7.43. The molecule has 0 rings (SSSR count). The Labute approximate surface area is 140 Å². The van der Waals surface area contributed by atoms with Crippen LogP contribution in [0.1, 0.15) is 13.8 Å². The standard InChI is InChI=1S/C11H21N3O2S4/c1-5-12(3)10(17)19-7-9(14(15)16)8-20-11(18)13(4)6-2/h9H,5-8H2,1-4H3. The highest BCUT2D eigenvalue weighted by Gasteiger charge is 2.23. The number of rotatable bonds is 7. The maximum absolute atomic E-state index is 11.1. The lowest BCUT2D eigenvalue weighted by Gasteiger charge is -2.19. The van der Waals surface area contributed by atoms with Crippen molar-refractivity contribution < 1.29 is 4.92 Å². The molecule has 5 nitrogen and oxygen atoms in total. The van der Waals surface area contributed by atoms with Crippen molar-refractivity contribution in [3.63, 3.8) is 0 Å². The average Bonchev–Trinajstić information content (AvgIpc) is 2.44. The van der Waals surface area contributed by atoms with Crippen molar-refractivity contribution in [1.29, 1.82) is 0 Å². The molecule has 0 heterocycles. The Hall–Kier alpha value is -0.120. The van der Waals surface area contributed by atoms with Crippen LogP contribution in [0.2, 0.25) is 0 Å². The van der Waals surface area contributed by atoms with Gasteiger partial charge in [0.1, 0.15) is 8.64 Å². The van der Waals surface area contributed by atoms with E-state index in [9.17, 15) is 10.1 Å². The molecule has 9 heteroatoms. The minimum absolute atomic E-state index is 0.247. The van der Waals surface area contributed by atoms with Gasteiger partial charge in [0.25, 0.3) is 0 Å². The van der Waals surface area contributed by atoms with Crippen LogP contribution in [0.3, 0.4) is 0 Å². The van der Waals surface area contributed by atoms with Crippen molar-refractivity contribution in [2.75, 3.05) is 38.7 Å². The Bertz CT molecular complexity index is 329. The van der Waals surface area contributed by atoms with E-state index in [1.165, 1.54) is 23.5 Å². The molecule has 0 fully saturated rings. The van der Waals surface area contributed by atoms with Gasteiger partial charge in [-0.15, -0.1) is 0 Å². The maximum Gasteiger partial charge on any atom is 0.231 e. The minimum Gasteiger partial charge on any atom is -0.361 e. The summed E-state index contributed by atoms with van der Waals surface area (Å²) in [5, 5.41) is 11.1. The fourth-order valence-corrected chi connectivity index (χ4v) is 3.65. The van der Waals surface area contributed by atoms with Gasteiger partial charge in [0, 0.05) is 32.1 Å². The van der Waals surface area contributed by atoms with Crippen molar-refractivity contribution in [1.82, 2.24) is 9.80 Å². The van der Waals surface area contributed by atoms with E-state index < -0.39 is 6.04 Å². The van der Waals surface area contributed by atoms with Gasteiger partial charge in [-0.2, -0.15) is 0 Å². The zero-order chi connectivity index (χ0) is 15.7. The molecule has 0 aliphatic heterocycles. The molecule has 0 aliphatic rings. The Morgan fingerprint density at radius 2 is 1.45 bits per heavy atom. The van der Waals surface area contributed by atoms with Gasteiger partial charge in [0.05, 0.1) is 11.5 Å². The van der Waals surface area contributed by atoms with Crippen molar-refractivity contribution >= 4 is 56.6 Å². The van der Waals surface area contributed by atoms with Crippen LogP contribution >= 0.6 is 48.0 Å². The first-order valence-corrected chi connectivity index (χ1v) is 9.01. The topological polar surface area (TPSA) is 49.6 Å². The SMILES string of the molecule is CCN(C)C(=S)SCC(CSC(=S)N(C)CC)[N+](=O)[O-]. The van der Waals surface area contributed by atoms with Crippen LogP contribution < -0.4 is 0 Å². The largest absolute Gasteiger partial charge is 0.361 e. The smallest absolute Gasteiger partial charge is 0.231 e. The zero-order valence-electron chi connectivity index (χ0n) is 12.2. The molecule has 0 N–H and O–H groups in total. The molecular formula is C11H21N3O2S4. The van der Waals surface area contributed by atoms with E-state index in [1.54, 1.807) is 0 Å². The first kappa shape index (κ1) is 19.9. The Kier molecular flexibility index (Phi) is 10.5. The molecule has 0 aromatic rings. The van der Waals surface area contributed by atoms with Crippen LogP contribution in [0.4, 0.5) is 0 Å². The van der Waals surface area contributed by atoms with E-state index in [1.807, 2.05) is 37.7 Å². The van der Waals surface area contributed by atoms with Crippen molar-refractivity contribution in [3.8, 4) is 0 Å². The fourth-order valence-electron chi connectivity index (χ4n) is 0.983. The summed E-state index contributed by atoms with van der Waals surface area (Å²) in [5.41, 5.74) is 0.